The first-order chi connectivity index (χ1) is 4.54. The molecule has 55 valence electrons. The molecule has 0 saturated carbocycles. The molecular formula is C5H5O5. The van der Waals surface area contributed by atoms with E-state index < -0.39 is 24.1 Å². The van der Waals surface area contributed by atoms with Gasteiger partial charge in [0.15, 0.2) is 0 Å². The Morgan fingerprint density at radius 3 is 2.00 bits per heavy atom. The second-order valence-corrected chi connectivity index (χ2v) is 1.47. The molecule has 0 aliphatic rings. The third-order valence-corrected chi connectivity index (χ3v) is 0.673. The number of hydrogen-bond donors (Lipinski definition) is 2. The lowest BCUT2D eigenvalue weighted by atomic mass is 10.2. The average molecular weight is 145 g/mol. The average Bonchev–Trinajstić information content (AvgIpc) is 1.82. The molecule has 0 unspecified atom stereocenters. The van der Waals surface area contributed by atoms with Crippen molar-refractivity contribution in [2.24, 2.45) is 0 Å². The Balaban J connectivity index is 3.60. The highest BCUT2D eigenvalue weighted by molar-refractivity contribution is 6.36. The summed E-state index contributed by atoms with van der Waals surface area (Å²) in [4.78, 5) is 29.6. The lowest BCUT2D eigenvalue weighted by molar-refractivity contribution is -0.147. The van der Waals surface area contributed by atoms with Crippen molar-refractivity contribution in [3.05, 3.63) is 6.42 Å². The summed E-state index contributed by atoms with van der Waals surface area (Å²) >= 11 is 0. The molecule has 5 heteroatoms. The zero-order valence-electron chi connectivity index (χ0n) is 4.90. The van der Waals surface area contributed by atoms with Gasteiger partial charge in [0, 0.05) is 0 Å². The van der Waals surface area contributed by atoms with Gasteiger partial charge in [0.25, 0.3) is 0 Å². The van der Waals surface area contributed by atoms with Crippen LogP contribution >= 0.6 is 0 Å². The van der Waals surface area contributed by atoms with Crippen LogP contribution in [0.4, 0.5) is 0 Å². The Labute approximate surface area is 56.3 Å². The van der Waals surface area contributed by atoms with Crippen LogP contribution in [0.2, 0.25) is 0 Å². The summed E-state index contributed by atoms with van der Waals surface area (Å²) in [5, 5.41) is 15.9. The smallest absolute Gasteiger partial charge is 0.372 e. The number of carbonyl (C=O) groups excluding carboxylic acids is 1. The van der Waals surface area contributed by atoms with Gasteiger partial charge in [-0.05, 0) is 0 Å². The summed E-state index contributed by atoms with van der Waals surface area (Å²) in [5.41, 5.74) is 0. The number of aliphatic carboxylic acids is 2. The van der Waals surface area contributed by atoms with E-state index in [1.54, 1.807) is 0 Å². The lowest BCUT2D eigenvalue weighted by Gasteiger charge is -1.88. The van der Waals surface area contributed by atoms with Crippen LogP contribution in [0.5, 0.6) is 0 Å². The maximum Gasteiger partial charge on any atom is 0.372 e. The molecule has 0 amide bonds. The van der Waals surface area contributed by atoms with Crippen molar-refractivity contribution >= 4 is 17.7 Å². The number of rotatable bonds is 4. The summed E-state index contributed by atoms with van der Waals surface area (Å²) in [6.07, 6.45) is 0.0514. The van der Waals surface area contributed by atoms with Gasteiger partial charge in [-0.3, -0.25) is 9.59 Å². The SMILES string of the molecule is O=C(O)C[CH]C(=O)C(=O)O. The molecule has 0 aromatic heterocycles. The van der Waals surface area contributed by atoms with Crippen molar-refractivity contribution in [2.75, 3.05) is 0 Å². The quantitative estimate of drug-likeness (QED) is 0.511. The standard InChI is InChI=1S/C5H5O5/c6-3(5(9)10)1-2-4(7)8/h1H,2H2,(H,7,8)(H,9,10). The van der Waals surface area contributed by atoms with Gasteiger partial charge in [-0.15, -0.1) is 0 Å². The van der Waals surface area contributed by atoms with Crippen LogP contribution < -0.4 is 0 Å². The van der Waals surface area contributed by atoms with Crippen molar-refractivity contribution in [1.29, 1.82) is 0 Å². The van der Waals surface area contributed by atoms with Gasteiger partial charge < -0.3 is 10.2 Å². The lowest BCUT2D eigenvalue weighted by Crippen LogP contribution is -2.14. The van der Waals surface area contributed by atoms with Crippen molar-refractivity contribution in [1.82, 2.24) is 0 Å². The van der Waals surface area contributed by atoms with E-state index in [1.165, 1.54) is 0 Å². The topological polar surface area (TPSA) is 91.7 Å². The molecule has 0 aromatic rings. The highest BCUT2D eigenvalue weighted by Crippen LogP contribution is 1.88. The molecule has 0 atom stereocenters. The minimum absolute atomic E-state index is 0.550. The Morgan fingerprint density at radius 2 is 1.70 bits per heavy atom. The molecule has 0 saturated heterocycles. The fraction of sp³-hybridized carbons (Fsp3) is 0.200. The van der Waals surface area contributed by atoms with Gasteiger partial charge in [-0.25, -0.2) is 4.79 Å². The second kappa shape index (κ2) is 3.60. The molecule has 0 rings (SSSR count). The van der Waals surface area contributed by atoms with Crippen LogP contribution in [0.15, 0.2) is 0 Å². The van der Waals surface area contributed by atoms with E-state index in [-0.39, 0.29) is 0 Å². The van der Waals surface area contributed by atoms with Crippen LogP contribution in [-0.4, -0.2) is 27.9 Å². The van der Waals surface area contributed by atoms with Crippen LogP contribution in [0.25, 0.3) is 0 Å². The first-order valence-electron chi connectivity index (χ1n) is 2.36. The second-order valence-electron chi connectivity index (χ2n) is 1.47. The molecule has 0 aromatic carbocycles. The first-order valence-corrected chi connectivity index (χ1v) is 2.36. The molecule has 0 spiro atoms. The normalized spacial score (nSPS) is 8.80. The molecule has 0 aliphatic carbocycles. The monoisotopic (exact) mass is 145 g/mol. The fourth-order valence-electron chi connectivity index (χ4n) is 0.267. The molecule has 1 radical (unpaired) electrons. The minimum atomic E-state index is -1.64. The van der Waals surface area contributed by atoms with Gasteiger partial charge in [0.05, 0.1) is 12.8 Å². The predicted molar refractivity (Wildman–Crippen MR) is 29.2 cm³/mol. The number of carbonyl (C=O) groups is 3. The molecule has 0 bridgehead atoms. The predicted octanol–water partition coefficient (Wildman–Crippen LogP) is -0.681. The Morgan fingerprint density at radius 1 is 1.20 bits per heavy atom. The number of carboxylic acids is 2. The van der Waals surface area contributed by atoms with Gasteiger partial charge >= 0.3 is 11.9 Å². The summed E-state index contributed by atoms with van der Waals surface area (Å²) < 4.78 is 0. The van der Waals surface area contributed by atoms with E-state index >= 15 is 0 Å². The van der Waals surface area contributed by atoms with E-state index in [1.807, 2.05) is 0 Å². The molecule has 0 heterocycles. The molecule has 0 fully saturated rings. The van der Waals surface area contributed by atoms with Crippen LogP contribution in [0.1, 0.15) is 6.42 Å². The maximum atomic E-state index is 10.1. The van der Waals surface area contributed by atoms with Gasteiger partial charge in [-0.1, -0.05) is 0 Å². The van der Waals surface area contributed by atoms with Gasteiger partial charge in [0.2, 0.25) is 5.78 Å². The van der Waals surface area contributed by atoms with Crippen molar-refractivity contribution in [2.45, 2.75) is 6.42 Å². The van der Waals surface area contributed by atoms with Crippen molar-refractivity contribution in [3.8, 4) is 0 Å². The third-order valence-electron chi connectivity index (χ3n) is 0.673. The van der Waals surface area contributed by atoms with E-state index in [4.69, 9.17) is 10.2 Å². The Bertz CT molecular complexity index is 171. The summed E-state index contributed by atoms with van der Waals surface area (Å²) in [6.45, 7) is 0. The first kappa shape index (κ1) is 8.61. The highest BCUT2D eigenvalue weighted by atomic mass is 16.4. The van der Waals surface area contributed by atoms with Gasteiger partial charge in [0.1, 0.15) is 0 Å². The Hall–Kier alpha value is -1.39. The molecular weight excluding hydrogens is 140 g/mol. The largest absolute Gasteiger partial charge is 0.481 e. The zero-order valence-corrected chi connectivity index (χ0v) is 4.90. The Kier molecular flexibility index (Phi) is 3.10. The minimum Gasteiger partial charge on any atom is -0.481 e. The zero-order chi connectivity index (χ0) is 8.15. The van der Waals surface area contributed by atoms with E-state index in [9.17, 15) is 14.4 Å². The summed E-state index contributed by atoms with van der Waals surface area (Å²) in [5.74, 6) is -4.06. The summed E-state index contributed by atoms with van der Waals surface area (Å²) in [6, 6.07) is 0. The number of Topliss-reactive ketones (excluding diaryl/α,β-unsaturated/α-hetero) is 1. The van der Waals surface area contributed by atoms with E-state index in [0.717, 1.165) is 0 Å². The molecule has 0 aliphatic heterocycles. The van der Waals surface area contributed by atoms with E-state index in [2.05, 4.69) is 0 Å². The molecule has 5 nitrogen and oxygen atoms in total. The third kappa shape index (κ3) is 3.59. The molecule has 2 N–H and O–H groups in total. The number of carboxylic acid groups (broad SMARTS) is 2. The van der Waals surface area contributed by atoms with Gasteiger partial charge in [-0.2, -0.15) is 0 Å². The van der Waals surface area contributed by atoms with Crippen LogP contribution in [-0.2, 0) is 14.4 Å². The fourth-order valence-corrected chi connectivity index (χ4v) is 0.267. The van der Waals surface area contributed by atoms with Crippen molar-refractivity contribution in [3.63, 3.8) is 0 Å². The van der Waals surface area contributed by atoms with Crippen molar-refractivity contribution < 1.29 is 24.6 Å². The highest BCUT2D eigenvalue weighted by Gasteiger charge is 2.12. The van der Waals surface area contributed by atoms with E-state index in [0.29, 0.717) is 6.42 Å². The summed E-state index contributed by atoms with van der Waals surface area (Å²) in [7, 11) is 0. The maximum absolute atomic E-state index is 10.1. The van der Waals surface area contributed by atoms with Crippen LogP contribution in [0.3, 0.4) is 0 Å². The van der Waals surface area contributed by atoms with Crippen LogP contribution in [0, 0.1) is 6.42 Å². The number of hydrogen-bond acceptors (Lipinski definition) is 3. The molecule has 10 heavy (non-hydrogen) atoms. The number of ketones is 1.